The van der Waals surface area contributed by atoms with Gasteiger partial charge in [-0.05, 0) is 28.1 Å². The second kappa shape index (κ2) is 4.35. The third-order valence-electron chi connectivity index (χ3n) is 1.25. The standard InChI is InChI=1S/C7H4BrClF3NO/c8-6-2-1-5(4(3-9)13-6)14-7(10,11)12/h1-2H,3H2. The number of nitrogens with zero attached hydrogens (tertiary/aromatic N) is 1. The quantitative estimate of drug-likeness (QED) is 0.614. The van der Waals surface area contributed by atoms with Gasteiger partial charge in [0.15, 0.2) is 5.75 Å². The number of hydrogen-bond donors (Lipinski definition) is 0. The molecule has 0 atom stereocenters. The van der Waals surface area contributed by atoms with E-state index in [4.69, 9.17) is 11.6 Å². The van der Waals surface area contributed by atoms with Crippen molar-refractivity contribution in [1.82, 2.24) is 4.98 Å². The highest BCUT2D eigenvalue weighted by atomic mass is 79.9. The van der Waals surface area contributed by atoms with Crippen molar-refractivity contribution in [3.8, 4) is 5.75 Å². The van der Waals surface area contributed by atoms with Gasteiger partial charge in [0.25, 0.3) is 0 Å². The van der Waals surface area contributed by atoms with Crippen LogP contribution in [0, 0.1) is 0 Å². The van der Waals surface area contributed by atoms with Gasteiger partial charge >= 0.3 is 6.36 Å². The van der Waals surface area contributed by atoms with Crippen LogP contribution in [0.25, 0.3) is 0 Å². The van der Waals surface area contributed by atoms with E-state index in [2.05, 4.69) is 25.7 Å². The van der Waals surface area contributed by atoms with Crippen LogP contribution in [0.2, 0.25) is 0 Å². The third kappa shape index (κ3) is 3.34. The molecule has 1 aromatic rings. The van der Waals surface area contributed by atoms with Gasteiger partial charge in [0, 0.05) is 0 Å². The fourth-order valence-electron chi connectivity index (χ4n) is 0.775. The van der Waals surface area contributed by atoms with Crippen LogP contribution in [0.3, 0.4) is 0 Å². The Morgan fingerprint density at radius 1 is 1.43 bits per heavy atom. The second-order valence-corrected chi connectivity index (χ2v) is 3.34. The fraction of sp³-hybridized carbons (Fsp3) is 0.286. The zero-order valence-electron chi connectivity index (χ0n) is 6.61. The van der Waals surface area contributed by atoms with Crippen molar-refractivity contribution in [1.29, 1.82) is 0 Å². The average Bonchev–Trinajstić information content (AvgIpc) is 2.06. The van der Waals surface area contributed by atoms with Crippen molar-refractivity contribution in [3.05, 3.63) is 22.4 Å². The van der Waals surface area contributed by atoms with E-state index in [0.29, 0.717) is 4.60 Å². The lowest BCUT2D eigenvalue weighted by molar-refractivity contribution is -0.275. The van der Waals surface area contributed by atoms with E-state index in [-0.39, 0.29) is 17.3 Å². The molecule has 0 unspecified atom stereocenters. The van der Waals surface area contributed by atoms with Gasteiger partial charge in [0.05, 0.1) is 11.6 Å². The molecule has 0 radical (unpaired) electrons. The number of hydrogen-bond acceptors (Lipinski definition) is 2. The van der Waals surface area contributed by atoms with E-state index in [1.165, 1.54) is 6.07 Å². The Labute approximate surface area is 91.2 Å². The van der Waals surface area contributed by atoms with E-state index >= 15 is 0 Å². The van der Waals surface area contributed by atoms with Crippen LogP contribution in [0.1, 0.15) is 5.69 Å². The van der Waals surface area contributed by atoms with Gasteiger partial charge in [-0.3, -0.25) is 0 Å². The van der Waals surface area contributed by atoms with E-state index in [0.717, 1.165) is 6.07 Å². The Morgan fingerprint density at radius 2 is 2.07 bits per heavy atom. The topological polar surface area (TPSA) is 22.1 Å². The molecule has 1 aromatic heterocycles. The third-order valence-corrected chi connectivity index (χ3v) is 1.95. The van der Waals surface area contributed by atoms with Crippen molar-refractivity contribution in [2.75, 3.05) is 0 Å². The Balaban J connectivity index is 2.97. The Hall–Kier alpha value is -0.490. The highest BCUT2D eigenvalue weighted by molar-refractivity contribution is 9.10. The van der Waals surface area contributed by atoms with Gasteiger partial charge in [0.2, 0.25) is 0 Å². The maximum Gasteiger partial charge on any atom is 0.573 e. The molecule has 1 rings (SSSR count). The van der Waals surface area contributed by atoms with Gasteiger partial charge in [0.1, 0.15) is 4.60 Å². The SMILES string of the molecule is FC(F)(F)Oc1ccc(Br)nc1CCl. The summed E-state index contributed by atoms with van der Waals surface area (Å²) in [5, 5.41) is 0. The molecule has 1 heterocycles. The Morgan fingerprint density at radius 3 is 2.57 bits per heavy atom. The molecule has 0 amide bonds. The predicted molar refractivity (Wildman–Crippen MR) is 48.2 cm³/mol. The lowest BCUT2D eigenvalue weighted by Crippen LogP contribution is -2.18. The van der Waals surface area contributed by atoms with Crippen molar-refractivity contribution >= 4 is 27.5 Å². The van der Waals surface area contributed by atoms with Gasteiger partial charge in [-0.15, -0.1) is 24.8 Å². The Kier molecular flexibility index (Phi) is 3.60. The number of pyridine rings is 1. The molecule has 14 heavy (non-hydrogen) atoms. The fourth-order valence-corrected chi connectivity index (χ4v) is 1.31. The number of halogens is 5. The summed E-state index contributed by atoms with van der Waals surface area (Å²) in [5.41, 5.74) is 0.0402. The van der Waals surface area contributed by atoms with Crippen molar-refractivity contribution in [2.45, 2.75) is 12.2 Å². The number of aromatic nitrogens is 1. The van der Waals surface area contributed by atoms with E-state index in [1.807, 2.05) is 0 Å². The summed E-state index contributed by atoms with van der Waals surface area (Å²) in [6, 6.07) is 2.50. The van der Waals surface area contributed by atoms with E-state index in [9.17, 15) is 13.2 Å². The molecule has 78 valence electrons. The number of rotatable bonds is 2. The number of ether oxygens (including phenoxy) is 1. The van der Waals surface area contributed by atoms with Crippen LogP contribution >= 0.6 is 27.5 Å². The molecule has 0 saturated carbocycles. The average molecular weight is 290 g/mol. The second-order valence-electron chi connectivity index (χ2n) is 2.26. The monoisotopic (exact) mass is 289 g/mol. The maximum atomic E-state index is 11.9. The summed E-state index contributed by atoms with van der Waals surface area (Å²) in [7, 11) is 0. The highest BCUT2D eigenvalue weighted by Gasteiger charge is 2.32. The van der Waals surface area contributed by atoms with Crippen molar-refractivity contribution < 1.29 is 17.9 Å². The lowest BCUT2D eigenvalue weighted by Gasteiger charge is -2.11. The summed E-state index contributed by atoms with van der Waals surface area (Å²) in [4.78, 5) is 3.74. The molecule has 0 aliphatic rings. The van der Waals surface area contributed by atoms with E-state index < -0.39 is 6.36 Å². The molecular formula is C7H4BrClF3NO. The van der Waals surface area contributed by atoms with Crippen molar-refractivity contribution in [3.63, 3.8) is 0 Å². The first-order valence-electron chi connectivity index (χ1n) is 3.39. The smallest absolute Gasteiger partial charge is 0.404 e. The minimum Gasteiger partial charge on any atom is -0.404 e. The van der Waals surface area contributed by atoms with E-state index in [1.54, 1.807) is 0 Å². The van der Waals surface area contributed by atoms with Crippen LogP contribution in [0.5, 0.6) is 5.75 Å². The maximum absolute atomic E-state index is 11.9. The first-order valence-corrected chi connectivity index (χ1v) is 4.72. The zero-order valence-corrected chi connectivity index (χ0v) is 8.95. The summed E-state index contributed by atoms with van der Waals surface area (Å²) in [6.45, 7) is 0. The van der Waals surface area contributed by atoms with Gasteiger partial charge in [-0.1, -0.05) is 0 Å². The number of alkyl halides is 4. The van der Waals surface area contributed by atoms with Gasteiger partial charge in [-0.25, -0.2) is 4.98 Å². The first-order chi connectivity index (χ1) is 6.42. The van der Waals surface area contributed by atoms with Crippen LogP contribution in [-0.2, 0) is 5.88 Å². The summed E-state index contributed by atoms with van der Waals surface area (Å²) in [6.07, 6.45) is -4.73. The molecule has 0 spiro atoms. The van der Waals surface area contributed by atoms with Crippen LogP contribution in [0.4, 0.5) is 13.2 Å². The minimum absolute atomic E-state index is 0.0402. The van der Waals surface area contributed by atoms with Crippen LogP contribution in [-0.4, -0.2) is 11.3 Å². The molecule has 2 nitrogen and oxygen atoms in total. The molecule has 0 N–H and O–H groups in total. The van der Waals surface area contributed by atoms with Gasteiger partial charge < -0.3 is 4.74 Å². The minimum atomic E-state index is -4.73. The first kappa shape index (κ1) is 11.6. The normalized spacial score (nSPS) is 11.5. The lowest BCUT2D eigenvalue weighted by atomic mass is 10.3. The van der Waals surface area contributed by atoms with Crippen LogP contribution in [0.15, 0.2) is 16.7 Å². The largest absolute Gasteiger partial charge is 0.573 e. The molecule has 0 aliphatic carbocycles. The van der Waals surface area contributed by atoms with Crippen LogP contribution < -0.4 is 4.74 Å². The molecule has 0 bridgehead atoms. The molecule has 0 fully saturated rings. The summed E-state index contributed by atoms with van der Waals surface area (Å²) >= 11 is 8.41. The molecule has 0 aliphatic heterocycles. The predicted octanol–water partition coefficient (Wildman–Crippen LogP) is 3.48. The molecule has 0 aromatic carbocycles. The molecule has 7 heteroatoms. The highest BCUT2D eigenvalue weighted by Crippen LogP contribution is 2.27. The van der Waals surface area contributed by atoms with Crippen molar-refractivity contribution in [2.24, 2.45) is 0 Å². The zero-order chi connectivity index (χ0) is 10.8. The molecule has 0 saturated heterocycles. The molecular weight excluding hydrogens is 286 g/mol. The Bertz CT molecular complexity index is 331. The van der Waals surface area contributed by atoms with Gasteiger partial charge in [-0.2, -0.15) is 0 Å². The summed E-state index contributed by atoms with van der Waals surface area (Å²) in [5.74, 6) is -0.527. The summed E-state index contributed by atoms with van der Waals surface area (Å²) < 4.78 is 39.7.